The van der Waals surface area contributed by atoms with E-state index in [-0.39, 0.29) is 18.5 Å². The molecule has 0 bridgehead atoms. The number of carbonyl (C=O) groups excluding carboxylic acids is 1. The van der Waals surface area contributed by atoms with Gasteiger partial charge in [-0.2, -0.15) is 0 Å². The zero-order valence-corrected chi connectivity index (χ0v) is 12.9. The van der Waals surface area contributed by atoms with Crippen LogP contribution >= 0.6 is 0 Å². The van der Waals surface area contributed by atoms with E-state index < -0.39 is 6.10 Å². The lowest BCUT2D eigenvalue weighted by Crippen LogP contribution is -2.43. The zero-order valence-electron chi connectivity index (χ0n) is 12.9. The molecule has 1 unspecified atom stereocenters. The summed E-state index contributed by atoms with van der Waals surface area (Å²) in [7, 11) is 1.81. The van der Waals surface area contributed by atoms with Crippen LogP contribution in [0, 0.1) is 0 Å². The number of carbonyl (C=O) groups is 1. The Kier molecular flexibility index (Phi) is 6.52. The quantitative estimate of drug-likeness (QED) is 0.831. The molecule has 4 heteroatoms. The average molecular weight is 278 g/mol. The molecule has 112 valence electrons. The number of aliphatic hydroxyl groups is 1. The van der Waals surface area contributed by atoms with Crippen molar-refractivity contribution in [2.24, 2.45) is 0 Å². The fraction of sp³-hybridized carbons (Fsp3) is 0.562. The lowest BCUT2D eigenvalue weighted by atomic mass is 10.2. The van der Waals surface area contributed by atoms with Crippen LogP contribution in [0.3, 0.4) is 0 Å². The van der Waals surface area contributed by atoms with Crippen molar-refractivity contribution in [3.8, 4) is 0 Å². The van der Waals surface area contributed by atoms with Crippen LogP contribution in [-0.2, 0) is 4.79 Å². The van der Waals surface area contributed by atoms with Gasteiger partial charge in [-0.15, -0.1) is 0 Å². The van der Waals surface area contributed by atoms with Crippen molar-refractivity contribution < 1.29 is 9.90 Å². The molecule has 0 aliphatic carbocycles. The van der Waals surface area contributed by atoms with Crippen molar-refractivity contribution in [3.63, 3.8) is 0 Å². The first-order valence-electron chi connectivity index (χ1n) is 7.19. The van der Waals surface area contributed by atoms with E-state index in [0.717, 1.165) is 5.69 Å². The number of likely N-dealkylation sites (N-methyl/N-ethyl adjacent to an activating group) is 1. The molecule has 1 aromatic carbocycles. The standard InChI is InChI=1S/C16H26N2O2/c1-5-15(19)11-18(14-9-7-6-8-10-14)12-16(20)17(4)13(2)3/h6-10,13,15,19H,5,11-12H2,1-4H3. The van der Waals surface area contributed by atoms with Crippen molar-refractivity contribution in [3.05, 3.63) is 30.3 Å². The Balaban J connectivity index is 2.81. The fourth-order valence-corrected chi connectivity index (χ4v) is 1.85. The summed E-state index contributed by atoms with van der Waals surface area (Å²) in [6, 6.07) is 9.93. The minimum atomic E-state index is -0.424. The molecule has 1 rings (SSSR count). The Bertz CT molecular complexity index is 406. The monoisotopic (exact) mass is 278 g/mol. The van der Waals surface area contributed by atoms with Gasteiger partial charge in [0.15, 0.2) is 0 Å². The van der Waals surface area contributed by atoms with Gasteiger partial charge in [-0.3, -0.25) is 4.79 Å². The lowest BCUT2D eigenvalue weighted by molar-refractivity contribution is -0.129. The Morgan fingerprint density at radius 1 is 1.25 bits per heavy atom. The minimum absolute atomic E-state index is 0.0622. The second-order valence-electron chi connectivity index (χ2n) is 5.38. The van der Waals surface area contributed by atoms with Crippen LogP contribution in [0.1, 0.15) is 27.2 Å². The molecule has 0 saturated heterocycles. The van der Waals surface area contributed by atoms with Crippen LogP contribution in [0.5, 0.6) is 0 Å². The fourth-order valence-electron chi connectivity index (χ4n) is 1.85. The van der Waals surface area contributed by atoms with Gasteiger partial charge in [0, 0.05) is 25.3 Å². The van der Waals surface area contributed by atoms with Crippen LogP contribution in [0.15, 0.2) is 30.3 Å². The first kappa shape index (κ1) is 16.5. The van der Waals surface area contributed by atoms with Crippen LogP contribution in [-0.4, -0.2) is 48.2 Å². The normalized spacial score (nSPS) is 12.3. The van der Waals surface area contributed by atoms with Crippen LogP contribution in [0.4, 0.5) is 5.69 Å². The second-order valence-corrected chi connectivity index (χ2v) is 5.38. The molecule has 0 fully saturated rings. The lowest BCUT2D eigenvalue weighted by Gasteiger charge is -2.30. The summed E-state index contributed by atoms with van der Waals surface area (Å²) in [5, 5.41) is 9.88. The highest BCUT2D eigenvalue weighted by Gasteiger charge is 2.18. The third kappa shape index (κ3) is 4.85. The van der Waals surface area contributed by atoms with Crippen LogP contribution in [0.25, 0.3) is 0 Å². The molecule has 0 aromatic heterocycles. The minimum Gasteiger partial charge on any atom is -0.391 e. The average Bonchev–Trinajstić information content (AvgIpc) is 2.46. The van der Waals surface area contributed by atoms with Crippen molar-refractivity contribution in [1.29, 1.82) is 0 Å². The number of rotatable bonds is 7. The summed E-state index contributed by atoms with van der Waals surface area (Å²) < 4.78 is 0. The Morgan fingerprint density at radius 2 is 1.85 bits per heavy atom. The van der Waals surface area contributed by atoms with Gasteiger partial charge in [0.2, 0.25) is 5.91 Å². The molecule has 0 aliphatic heterocycles. The highest BCUT2D eigenvalue weighted by Crippen LogP contribution is 2.14. The first-order chi connectivity index (χ1) is 9.45. The van der Waals surface area contributed by atoms with E-state index in [1.54, 1.807) is 4.90 Å². The predicted molar refractivity (Wildman–Crippen MR) is 82.9 cm³/mol. The third-order valence-electron chi connectivity index (χ3n) is 3.52. The van der Waals surface area contributed by atoms with Gasteiger partial charge in [0.1, 0.15) is 0 Å². The van der Waals surface area contributed by atoms with E-state index in [1.165, 1.54) is 0 Å². The number of amides is 1. The Hall–Kier alpha value is -1.55. The molecule has 0 heterocycles. The highest BCUT2D eigenvalue weighted by atomic mass is 16.3. The number of para-hydroxylation sites is 1. The number of aliphatic hydroxyl groups excluding tert-OH is 1. The molecule has 1 atom stereocenters. The van der Waals surface area contributed by atoms with Gasteiger partial charge in [0.05, 0.1) is 12.6 Å². The largest absolute Gasteiger partial charge is 0.391 e. The Morgan fingerprint density at radius 3 is 2.35 bits per heavy atom. The number of anilines is 1. The summed E-state index contributed by atoms with van der Waals surface area (Å²) in [6.07, 6.45) is 0.254. The smallest absolute Gasteiger partial charge is 0.242 e. The van der Waals surface area contributed by atoms with Crippen LogP contribution in [0.2, 0.25) is 0 Å². The van der Waals surface area contributed by atoms with E-state index in [0.29, 0.717) is 13.0 Å². The van der Waals surface area contributed by atoms with Gasteiger partial charge in [0.25, 0.3) is 0 Å². The number of hydrogen-bond donors (Lipinski definition) is 1. The van der Waals surface area contributed by atoms with Gasteiger partial charge < -0.3 is 14.9 Å². The molecular weight excluding hydrogens is 252 g/mol. The van der Waals surface area contributed by atoms with Gasteiger partial charge in [-0.05, 0) is 32.4 Å². The van der Waals surface area contributed by atoms with Gasteiger partial charge >= 0.3 is 0 Å². The second kappa shape index (κ2) is 7.90. The maximum absolute atomic E-state index is 12.2. The number of nitrogens with zero attached hydrogens (tertiary/aromatic N) is 2. The summed E-state index contributed by atoms with van der Waals surface area (Å²) in [6.45, 7) is 6.68. The number of benzene rings is 1. The summed E-state index contributed by atoms with van der Waals surface area (Å²) in [4.78, 5) is 15.9. The molecule has 4 nitrogen and oxygen atoms in total. The first-order valence-corrected chi connectivity index (χ1v) is 7.19. The van der Waals surface area contributed by atoms with E-state index >= 15 is 0 Å². The topological polar surface area (TPSA) is 43.8 Å². The predicted octanol–water partition coefficient (Wildman–Crippen LogP) is 2.13. The maximum atomic E-state index is 12.2. The molecule has 0 spiro atoms. The van der Waals surface area contributed by atoms with Gasteiger partial charge in [-0.1, -0.05) is 25.1 Å². The van der Waals surface area contributed by atoms with Crippen molar-refractivity contribution in [2.45, 2.75) is 39.3 Å². The van der Waals surface area contributed by atoms with E-state index in [4.69, 9.17) is 0 Å². The zero-order chi connectivity index (χ0) is 15.1. The van der Waals surface area contributed by atoms with Crippen molar-refractivity contribution in [2.75, 3.05) is 25.0 Å². The third-order valence-corrected chi connectivity index (χ3v) is 3.52. The van der Waals surface area contributed by atoms with Crippen molar-refractivity contribution >= 4 is 11.6 Å². The molecule has 1 aromatic rings. The van der Waals surface area contributed by atoms with Gasteiger partial charge in [-0.25, -0.2) is 0 Å². The maximum Gasteiger partial charge on any atom is 0.242 e. The van der Waals surface area contributed by atoms with E-state index in [1.807, 2.05) is 63.1 Å². The number of hydrogen-bond acceptors (Lipinski definition) is 3. The molecule has 0 radical (unpaired) electrons. The van der Waals surface area contributed by atoms with Crippen LogP contribution < -0.4 is 4.90 Å². The highest BCUT2D eigenvalue weighted by molar-refractivity contribution is 5.81. The summed E-state index contributed by atoms with van der Waals surface area (Å²) >= 11 is 0. The molecular formula is C16H26N2O2. The molecule has 0 saturated carbocycles. The Labute approximate surface area is 122 Å². The molecule has 0 aliphatic rings. The van der Waals surface area contributed by atoms with E-state index in [9.17, 15) is 9.90 Å². The summed E-state index contributed by atoms with van der Waals surface area (Å²) in [5.41, 5.74) is 0.963. The molecule has 20 heavy (non-hydrogen) atoms. The molecule has 1 N–H and O–H groups in total. The van der Waals surface area contributed by atoms with Crippen molar-refractivity contribution in [1.82, 2.24) is 4.90 Å². The summed E-state index contributed by atoms with van der Waals surface area (Å²) in [5.74, 6) is 0.0622. The molecule has 1 amide bonds. The SMILES string of the molecule is CCC(O)CN(CC(=O)N(C)C(C)C)c1ccccc1. The van der Waals surface area contributed by atoms with E-state index in [2.05, 4.69) is 0 Å².